The summed E-state index contributed by atoms with van der Waals surface area (Å²) in [5.74, 6) is 5.92. The predicted molar refractivity (Wildman–Crippen MR) is 156 cm³/mol. The van der Waals surface area contributed by atoms with Gasteiger partial charge in [-0.15, -0.1) is 0 Å². The topological polar surface area (TPSA) is 82.8 Å². The van der Waals surface area contributed by atoms with Crippen molar-refractivity contribution in [3.8, 4) is 17.5 Å². The lowest BCUT2D eigenvalue weighted by atomic mass is 9.96. The number of hydrogen-bond donors (Lipinski definition) is 1. The molecule has 4 aromatic rings. The van der Waals surface area contributed by atoms with E-state index in [4.69, 9.17) is 0 Å². The van der Waals surface area contributed by atoms with Crippen LogP contribution in [0.5, 0.6) is 0 Å². The average Bonchev–Trinajstić information content (AvgIpc) is 3.59. The third kappa shape index (κ3) is 5.28. The van der Waals surface area contributed by atoms with Crippen LogP contribution in [0.15, 0.2) is 72.9 Å². The third-order valence-corrected chi connectivity index (χ3v) is 9.25. The maximum atomic E-state index is 12.1. The Kier molecular flexibility index (Phi) is 6.97. The lowest BCUT2D eigenvalue weighted by Crippen LogP contribution is -2.36. The van der Waals surface area contributed by atoms with Crippen molar-refractivity contribution in [2.24, 2.45) is 5.92 Å². The van der Waals surface area contributed by atoms with E-state index in [2.05, 4.69) is 28.9 Å². The Morgan fingerprint density at radius 1 is 1.00 bits per heavy atom. The smallest absolute Gasteiger partial charge is 0.337 e. The highest BCUT2D eigenvalue weighted by Crippen LogP contribution is 2.27. The first kappa shape index (κ1) is 26.3. The van der Waals surface area contributed by atoms with Gasteiger partial charge in [0.2, 0.25) is 10.0 Å². The molecule has 0 radical (unpaired) electrons. The maximum absolute atomic E-state index is 12.1. The Balaban J connectivity index is 1.23. The zero-order chi connectivity index (χ0) is 27.9. The summed E-state index contributed by atoms with van der Waals surface area (Å²) in [4.78, 5) is 14.6. The molecule has 2 aliphatic heterocycles. The third-order valence-electron chi connectivity index (χ3n) is 7.98. The second-order valence-corrected chi connectivity index (χ2v) is 12.7. The number of carboxylic acids is 1. The molecule has 2 aliphatic rings. The number of aromatic nitrogens is 1. The molecule has 0 bridgehead atoms. The zero-order valence-corrected chi connectivity index (χ0v) is 23.2. The van der Waals surface area contributed by atoms with Crippen molar-refractivity contribution in [1.82, 2.24) is 13.8 Å². The Bertz CT molecular complexity index is 1780. The van der Waals surface area contributed by atoms with Crippen LogP contribution in [0.2, 0.25) is 0 Å². The highest BCUT2D eigenvalue weighted by Gasteiger charge is 2.30. The van der Waals surface area contributed by atoms with Gasteiger partial charge in [-0.25, -0.2) is 17.5 Å². The number of aromatic carboxylic acids is 1. The lowest BCUT2D eigenvalue weighted by Gasteiger charge is -2.31. The van der Waals surface area contributed by atoms with E-state index in [1.54, 1.807) is 16.4 Å². The van der Waals surface area contributed by atoms with Crippen LogP contribution >= 0.6 is 0 Å². The van der Waals surface area contributed by atoms with Crippen LogP contribution < -0.4 is 0 Å². The highest BCUT2D eigenvalue weighted by molar-refractivity contribution is 7.88. The van der Waals surface area contributed by atoms with E-state index in [-0.39, 0.29) is 5.56 Å². The summed E-state index contributed by atoms with van der Waals surface area (Å²) < 4.78 is 27.2. The van der Waals surface area contributed by atoms with Gasteiger partial charge in [0.25, 0.3) is 0 Å². The minimum atomic E-state index is -3.12. The number of nitrogens with zero attached hydrogens (tertiary/aromatic N) is 3. The van der Waals surface area contributed by atoms with Crippen molar-refractivity contribution in [3.63, 3.8) is 0 Å². The molecule has 1 atom stereocenters. The van der Waals surface area contributed by atoms with E-state index >= 15 is 0 Å². The normalized spacial score (nSPS) is 17.9. The van der Waals surface area contributed by atoms with Crippen molar-refractivity contribution in [1.29, 1.82) is 0 Å². The van der Waals surface area contributed by atoms with E-state index in [1.165, 1.54) is 17.4 Å². The van der Waals surface area contributed by atoms with Gasteiger partial charge in [0.15, 0.2) is 0 Å². The molecule has 1 fully saturated rings. The molecule has 1 unspecified atom stereocenters. The van der Waals surface area contributed by atoms with Gasteiger partial charge >= 0.3 is 5.97 Å². The van der Waals surface area contributed by atoms with Crippen molar-refractivity contribution in [2.45, 2.75) is 19.4 Å². The fraction of sp³-hybridized carbons (Fsp3) is 0.281. The summed E-state index contributed by atoms with van der Waals surface area (Å²) in [7, 11) is -3.12. The van der Waals surface area contributed by atoms with Gasteiger partial charge in [0.05, 0.1) is 23.0 Å². The first-order valence-electron chi connectivity index (χ1n) is 13.5. The Morgan fingerprint density at radius 3 is 2.65 bits per heavy atom. The minimum Gasteiger partial charge on any atom is -0.478 e. The quantitative estimate of drug-likeness (QED) is 0.371. The molecule has 1 saturated heterocycles. The Labute approximate surface area is 234 Å². The molecule has 0 amide bonds. The number of carboxylic acid groups (broad SMARTS) is 1. The molecule has 8 heteroatoms. The van der Waals surface area contributed by atoms with Gasteiger partial charge in [0.1, 0.15) is 0 Å². The minimum absolute atomic E-state index is 0.209. The first-order valence-corrected chi connectivity index (χ1v) is 15.4. The van der Waals surface area contributed by atoms with Crippen molar-refractivity contribution < 1.29 is 18.3 Å². The van der Waals surface area contributed by atoms with Gasteiger partial charge in [-0.1, -0.05) is 42.2 Å². The number of benzene rings is 3. The summed E-state index contributed by atoms with van der Waals surface area (Å²) in [6, 6.07) is 21.4. The summed E-state index contributed by atoms with van der Waals surface area (Å²) in [6.07, 6.45) is 5.02. The molecular weight excluding hydrogens is 522 g/mol. The second kappa shape index (κ2) is 10.6. The monoisotopic (exact) mass is 553 g/mol. The standard InChI is InChI=1S/C32H31N3O4S/c1-40(38,39)34-17-13-24(21-34)20-33-16-14-27-19-23(10-12-28(27)22-33)9-11-26-6-4-7-29(32(36)37)31(26)35-18-15-25-5-2-3-8-30(25)35/h2-8,10,12,15,18-19,24H,13-14,16-17,20-22H2,1H3,(H,36,37). The van der Waals surface area contributed by atoms with Crippen molar-refractivity contribution in [2.75, 3.05) is 32.4 Å². The molecule has 0 aliphatic carbocycles. The number of fused-ring (bicyclic) bond motifs is 2. The van der Waals surface area contributed by atoms with Crippen LogP contribution in [0.1, 0.15) is 39.0 Å². The van der Waals surface area contributed by atoms with Gasteiger partial charge < -0.3 is 9.67 Å². The molecule has 1 N–H and O–H groups in total. The molecule has 3 heterocycles. The van der Waals surface area contributed by atoms with Gasteiger partial charge in [0, 0.05) is 50.0 Å². The largest absolute Gasteiger partial charge is 0.478 e. The lowest BCUT2D eigenvalue weighted by molar-refractivity contribution is 0.0697. The molecule has 1 aromatic heterocycles. The number of sulfonamides is 1. The summed E-state index contributed by atoms with van der Waals surface area (Å²) in [6.45, 7) is 3.92. The van der Waals surface area contributed by atoms with Crippen LogP contribution in [0.25, 0.3) is 16.6 Å². The molecule has 6 rings (SSSR count). The number of rotatable bonds is 5. The molecule has 204 valence electrons. The molecule has 40 heavy (non-hydrogen) atoms. The molecule has 0 spiro atoms. The summed E-state index contributed by atoms with van der Waals surface area (Å²) >= 11 is 0. The fourth-order valence-corrected chi connectivity index (χ4v) is 6.87. The maximum Gasteiger partial charge on any atom is 0.337 e. The van der Waals surface area contributed by atoms with E-state index in [0.29, 0.717) is 30.3 Å². The van der Waals surface area contributed by atoms with E-state index in [0.717, 1.165) is 48.9 Å². The number of carbonyl (C=O) groups is 1. The van der Waals surface area contributed by atoms with Crippen LogP contribution in [0.3, 0.4) is 0 Å². The van der Waals surface area contributed by atoms with Gasteiger partial charge in [-0.3, -0.25) is 4.90 Å². The molecule has 3 aromatic carbocycles. The van der Waals surface area contributed by atoms with E-state index in [1.807, 2.05) is 53.2 Å². The van der Waals surface area contributed by atoms with E-state index < -0.39 is 16.0 Å². The SMILES string of the molecule is CS(=O)(=O)N1CCC(CN2CCc3cc(C#Cc4cccc(C(=O)O)c4-n4ccc5ccccc54)ccc3C2)C1. The van der Waals surface area contributed by atoms with Crippen molar-refractivity contribution in [3.05, 3.63) is 101 Å². The Morgan fingerprint density at radius 2 is 1.85 bits per heavy atom. The first-order chi connectivity index (χ1) is 19.3. The van der Waals surface area contributed by atoms with Crippen LogP contribution in [-0.2, 0) is 23.0 Å². The molecular formula is C32H31N3O4S. The van der Waals surface area contributed by atoms with Crippen LogP contribution in [0.4, 0.5) is 0 Å². The highest BCUT2D eigenvalue weighted by atomic mass is 32.2. The summed E-state index contributed by atoms with van der Waals surface area (Å²) in [5, 5.41) is 11.0. The number of para-hydroxylation sites is 2. The zero-order valence-electron chi connectivity index (χ0n) is 22.4. The van der Waals surface area contributed by atoms with Crippen LogP contribution in [0, 0.1) is 17.8 Å². The van der Waals surface area contributed by atoms with Gasteiger partial charge in [-0.05, 0) is 71.7 Å². The Hall–Kier alpha value is -3.90. The average molecular weight is 554 g/mol. The van der Waals surface area contributed by atoms with Crippen molar-refractivity contribution >= 4 is 26.9 Å². The number of hydrogen-bond acceptors (Lipinski definition) is 4. The fourth-order valence-electron chi connectivity index (χ4n) is 5.95. The summed E-state index contributed by atoms with van der Waals surface area (Å²) in [5.41, 5.74) is 5.82. The second-order valence-electron chi connectivity index (χ2n) is 10.7. The molecule has 7 nitrogen and oxygen atoms in total. The van der Waals surface area contributed by atoms with E-state index in [9.17, 15) is 18.3 Å². The predicted octanol–water partition coefficient (Wildman–Crippen LogP) is 4.37. The van der Waals surface area contributed by atoms with Gasteiger partial charge in [-0.2, -0.15) is 0 Å². The molecule has 0 saturated carbocycles. The van der Waals surface area contributed by atoms with Crippen LogP contribution in [-0.4, -0.2) is 65.7 Å².